The molecule has 0 aliphatic carbocycles. The molecule has 0 spiro atoms. The summed E-state index contributed by atoms with van der Waals surface area (Å²) in [7, 11) is 0. The second kappa shape index (κ2) is 3.54. The summed E-state index contributed by atoms with van der Waals surface area (Å²) in [6.45, 7) is 4.27. The molecule has 0 unspecified atom stereocenters. The normalized spacial score (nSPS) is 10.0. The van der Waals surface area contributed by atoms with Crippen molar-refractivity contribution in [2.24, 2.45) is 0 Å². The molecular weight excluding hydrogens is 154 g/mol. The van der Waals surface area contributed by atoms with Crippen molar-refractivity contribution < 1.29 is 0 Å². The van der Waals surface area contributed by atoms with Gasteiger partial charge in [0, 0.05) is 23.4 Å². The van der Waals surface area contributed by atoms with Crippen LogP contribution in [-0.2, 0) is 6.42 Å². The van der Waals surface area contributed by atoms with E-state index in [0.29, 0.717) is 12.3 Å². The Bertz CT molecular complexity index is 267. The van der Waals surface area contributed by atoms with E-state index in [0.717, 1.165) is 0 Å². The summed E-state index contributed by atoms with van der Waals surface area (Å²) >= 11 is 1.71. The van der Waals surface area contributed by atoms with Crippen molar-refractivity contribution in [2.75, 3.05) is 0 Å². The Morgan fingerprint density at radius 2 is 2.45 bits per heavy atom. The van der Waals surface area contributed by atoms with Gasteiger partial charge in [-0.3, -0.25) is 0 Å². The molecule has 0 amide bonds. The van der Waals surface area contributed by atoms with E-state index in [9.17, 15) is 0 Å². The molecule has 0 saturated heterocycles. The Morgan fingerprint density at radius 3 is 2.91 bits per heavy atom. The Morgan fingerprint density at radius 1 is 1.73 bits per heavy atom. The van der Waals surface area contributed by atoms with E-state index in [-0.39, 0.29) is 0 Å². The third kappa shape index (κ3) is 2.06. The molecule has 1 heterocycles. The number of hydrogen-bond donors (Lipinski definition) is 0. The van der Waals surface area contributed by atoms with E-state index >= 15 is 0 Å². The minimum absolute atomic E-state index is 0.520. The predicted octanol–water partition coefficient (Wildman–Crippen LogP) is 2.44. The maximum Gasteiger partial charge on any atom is 0.0953 e. The van der Waals surface area contributed by atoms with E-state index in [1.165, 1.54) is 9.88 Å². The highest BCUT2D eigenvalue weighted by atomic mass is 32.1. The van der Waals surface area contributed by atoms with Crippen molar-refractivity contribution in [3.05, 3.63) is 16.1 Å². The topological polar surface area (TPSA) is 12.9 Å². The molecular formula is C9H11NS. The average Bonchev–Trinajstić information content (AvgIpc) is 2.37. The van der Waals surface area contributed by atoms with E-state index in [4.69, 9.17) is 6.42 Å². The van der Waals surface area contributed by atoms with Crippen molar-refractivity contribution in [1.29, 1.82) is 0 Å². The average molecular weight is 165 g/mol. The largest absolute Gasteiger partial charge is 0.249 e. The van der Waals surface area contributed by atoms with Crippen LogP contribution in [0.15, 0.2) is 6.20 Å². The van der Waals surface area contributed by atoms with Gasteiger partial charge in [0.2, 0.25) is 0 Å². The van der Waals surface area contributed by atoms with Crippen molar-refractivity contribution in [1.82, 2.24) is 4.98 Å². The van der Waals surface area contributed by atoms with Crippen LogP contribution in [0.25, 0.3) is 0 Å². The number of terminal acetylenes is 1. The van der Waals surface area contributed by atoms with Gasteiger partial charge in [0.15, 0.2) is 0 Å². The van der Waals surface area contributed by atoms with Crippen molar-refractivity contribution in [2.45, 2.75) is 26.2 Å². The second-order valence-electron chi connectivity index (χ2n) is 2.70. The van der Waals surface area contributed by atoms with Gasteiger partial charge in [-0.05, 0) is 0 Å². The minimum Gasteiger partial charge on any atom is -0.249 e. The fourth-order valence-electron chi connectivity index (χ4n) is 0.772. The minimum atomic E-state index is 0.520. The van der Waals surface area contributed by atoms with Gasteiger partial charge >= 0.3 is 0 Å². The summed E-state index contributed by atoms with van der Waals surface area (Å²) in [5, 5.41) is 1.18. The van der Waals surface area contributed by atoms with Gasteiger partial charge in [-0.2, -0.15) is 0 Å². The molecule has 1 rings (SSSR count). The van der Waals surface area contributed by atoms with Crippen LogP contribution >= 0.6 is 11.3 Å². The number of hydrogen-bond acceptors (Lipinski definition) is 2. The third-order valence-electron chi connectivity index (χ3n) is 1.34. The molecule has 0 saturated carbocycles. The monoisotopic (exact) mass is 165 g/mol. The summed E-state index contributed by atoms with van der Waals surface area (Å²) in [5.41, 5.74) is 0. The molecule has 0 N–H and O–H groups in total. The summed E-state index contributed by atoms with van der Waals surface area (Å²) in [6, 6.07) is 0. The lowest BCUT2D eigenvalue weighted by molar-refractivity contribution is 0.852. The SMILES string of the molecule is C#CCc1cnc(C(C)C)s1. The molecule has 1 aromatic rings. The highest BCUT2D eigenvalue weighted by molar-refractivity contribution is 7.11. The molecule has 0 aliphatic rings. The Hall–Kier alpha value is -0.810. The number of nitrogens with zero attached hydrogens (tertiary/aromatic N) is 1. The first-order valence-corrected chi connectivity index (χ1v) is 4.43. The molecule has 11 heavy (non-hydrogen) atoms. The molecule has 1 aromatic heterocycles. The smallest absolute Gasteiger partial charge is 0.0953 e. The number of rotatable bonds is 2. The highest BCUT2D eigenvalue weighted by Crippen LogP contribution is 2.20. The first kappa shape index (κ1) is 8.29. The van der Waals surface area contributed by atoms with Crippen LogP contribution in [0.5, 0.6) is 0 Å². The van der Waals surface area contributed by atoms with E-state index in [1.54, 1.807) is 11.3 Å². The Balaban J connectivity index is 2.75. The molecule has 0 aromatic carbocycles. The molecule has 0 radical (unpaired) electrons. The lowest BCUT2D eigenvalue weighted by Crippen LogP contribution is -1.81. The summed E-state index contributed by atoms with van der Waals surface area (Å²) in [6.07, 6.45) is 7.76. The second-order valence-corrected chi connectivity index (χ2v) is 3.85. The lowest BCUT2D eigenvalue weighted by atomic mass is 10.2. The molecule has 58 valence electrons. The molecule has 2 heteroatoms. The molecule has 0 aliphatic heterocycles. The van der Waals surface area contributed by atoms with Crippen LogP contribution in [0.4, 0.5) is 0 Å². The molecule has 1 nitrogen and oxygen atoms in total. The predicted molar refractivity (Wildman–Crippen MR) is 48.7 cm³/mol. The van der Waals surface area contributed by atoms with Gasteiger partial charge in [-0.25, -0.2) is 4.98 Å². The van der Waals surface area contributed by atoms with Crippen LogP contribution in [0.1, 0.15) is 29.7 Å². The number of thiazole rings is 1. The van der Waals surface area contributed by atoms with E-state index < -0.39 is 0 Å². The Kier molecular flexibility index (Phi) is 2.67. The fourth-order valence-corrected chi connectivity index (χ4v) is 1.64. The fraction of sp³-hybridized carbons (Fsp3) is 0.444. The molecule has 0 fully saturated rings. The third-order valence-corrected chi connectivity index (χ3v) is 2.64. The summed E-state index contributed by atoms with van der Waals surface area (Å²) < 4.78 is 0. The van der Waals surface area contributed by atoms with Crippen LogP contribution in [0.3, 0.4) is 0 Å². The van der Waals surface area contributed by atoms with Crippen LogP contribution in [0.2, 0.25) is 0 Å². The van der Waals surface area contributed by atoms with Gasteiger partial charge in [0.25, 0.3) is 0 Å². The van der Waals surface area contributed by atoms with Gasteiger partial charge < -0.3 is 0 Å². The standard InChI is InChI=1S/C9H11NS/c1-4-5-8-6-10-9(11-8)7(2)3/h1,6-7H,5H2,2-3H3. The first-order valence-electron chi connectivity index (χ1n) is 3.62. The summed E-state index contributed by atoms with van der Waals surface area (Å²) in [5.74, 6) is 3.13. The zero-order valence-electron chi connectivity index (χ0n) is 6.79. The van der Waals surface area contributed by atoms with Crippen molar-refractivity contribution in [3.63, 3.8) is 0 Å². The van der Waals surface area contributed by atoms with E-state index in [1.807, 2.05) is 6.20 Å². The van der Waals surface area contributed by atoms with Gasteiger partial charge in [0.05, 0.1) is 5.01 Å². The maximum absolute atomic E-state index is 5.17. The van der Waals surface area contributed by atoms with E-state index in [2.05, 4.69) is 24.8 Å². The summed E-state index contributed by atoms with van der Waals surface area (Å²) in [4.78, 5) is 5.45. The number of aromatic nitrogens is 1. The van der Waals surface area contributed by atoms with Crippen molar-refractivity contribution in [3.8, 4) is 12.3 Å². The first-order chi connectivity index (χ1) is 5.24. The van der Waals surface area contributed by atoms with Gasteiger partial charge in [0.1, 0.15) is 0 Å². The Labute approximate surface area is 71.5 Å². The quantitative estimate of drug-likeness (QED) is 0.613. The van der Waals surface area contributed by atoms with Crippen LogP contribution in [-0.4, -0.2) is 4.98 Å². The molecule has 0 atom stereocenters. The van der Waals surface area contributed by atoms with Crippen molar-refractivity contribution >= 4 is 11.3 Å². The van der Waals surface area contributed by atoms with Gasteiger partial charge in [-0.1, -0.05) is 13.8 Å². The van der Waals surface area contributed by atoms with Gasteiger partial charge in [-0.15, -0.1) is 23.7 Å². The highest BCUT2D eigenvalue weighted by Gasteiger charge is 2.03. The molecule has 0 bridgehead atoms. The van der Waals surface area contributed by atoms with Crippen LogP contribution in [0, 0.1) is 12.3 Å². The zero-order valence-corrected chi connectivity index (χ0v) is 7.61. The lowest BCUT2D eigenvalue weighted by Gasteiger charge is -1.94. The zero-order chi connectivity index (χ0) is 8.27. The van der Waals surface area contributed by atoms with Crippen LogP contribution < -0.4 is 0 Å². The maximum atomic E-state index is 5.17.